The summed E-state index contributed by atoms with van der Waals surface area (Å²) in [4.78, 5) is 0. The molecule has 238 valence electrons. The van der Waals surface area contributed by atoms with Gasteiger partial charge < -0.3 is 4.57 Å². The van der Waals surface area contributed by atoms with E-state index in [2.05, 4.69) is 205 Å². The highest BCUT2D eigenvalue weighted by Gasteiger charge is 2.42. The second kappa shape index (κ2) is 12.8. The van der Waals surface area contributed by atoms with E-state index in [1.165, 1.54) is 70.8 Å². The van der Waals surface area contributed by atoms with Gasteiger partial charge in [-0.1, -0.05) is 182 Å². The molecule has 7 aromatic carbocycles. The lowest BCUT2D eigenvalue weighted by atomic mass is 9.95. The van der Waals surface area contributed by atoms with Crippen molar-refractivity contribution in [3.8, 4) is 27.9 Å². The summed E-state index contributed by atoms with van der Waals surface area (Å²) in [6, 6.07) is 69.9. The second-order valence-electron chi connectivity index (χ2n) is 13.2. The molecule has 0 radical (unpaired) electrons. The van der Waals surface area contributed by atoms with Crippen LogP contribution in [0.25, 0.3) is 44.9 Å². The van der Waals surface area contributed by atoms with Crippen molar-refractivity contribution in [3.63, 3.8) is 0 Å². The molecule has 1 aromatic heterocycles. The molecule has 0 spiro atoms. The monoisotopic (exact) mass is 655 g/mol. The molecule has 1 nitrogen and oxygen atoms in total. The van der Waals surface area contributed by atoms with E-state index in [1.54, 1.807) is 0 Å². The highest BCUT2D eigenvalue weighted by atomic mass is 28.3. The summed E-state index contributed by atoms with van der Waals surface area (Å²) in [5.41, 5.74) is 10.2. The van der Waals surface area contributed by atoms with Gasteiger partial charge in [0.1, 0.15) is 0 Å². The molecule has 0 N–H and O–H groups in total. The van der Waals surface area contributed by atoms with E-state index in [0.717, 1.165) is 12.8 Å². The summed E-state index contributed by atoms with van der Waals surface area (Å²) in [5, 5.41) is 6.85. The third-order valence-corrected chi connectivity index (χ3v) is 15.2. The fourth-order valence-electron chi connectivity index (χ4n) is 8.21. The standard InChI is InChI=1S/C48H37NSi/c1-6-18-36(19-7-1)43-32-30-41(34-45(43)37-20-8-2-9-21-37)50(39-24-12-4-13-25-39,40-26-14-5-15-27-40)42-31-33-48-46(35-42)44-28-16-17-29-47(44)49(48)38-22-10-3-11-23-38/h1-16,18-28,30-35H,17,29H2. The van der Waals surface area contributed by atoms with Crippen molar-refractivity contribution in [3.05, 3.63) is 205 Å². The SMILES string of the molecule is C1=Cc2c(n(-c3ccccc3)c3ccc([Si](c4ccccc4)(c4ccccc4)c4ccc(-c5ccccc5)c(-c5ccccc5)c4)cc23)CC1. The van der Waals surface area contributed by atoms with Crippen molar-refractivity contribution in [1.82, 2.24) is 4.57 Å². The molecule has 0 saturated carbocycles. The van der Waals surface area contributed by atoms with Crippen LogP contribution in [0.3, 0.4) is 0 Å². The van der Waals surface area contributed by atoms with Crippen LogP contribution in [-0.4, -0.2) is 12.6 Å². The van der Waals surface area contributed by atoms with Crippen LogP contribution in [0.1, 0.15) is 17.7 Å². The molecule has 0 atom stereocenters. The minimum Gasteiger partial charge on any atom is -0.313 e. The number of benzene rings is 7. The zero-order valence-electron chi connectivity index (χ0n) is 27.9. The Bertz CT molecular complexity index is 2410. The van der Waals surface area contributed by atoms with Crippen LogP contribution in [0, 0.1) is 0 Å². The van der Waals surface area contributed by atoms with Gasteiger partial charge in [-0.25, -0.2) is 0 Å². The number of hydrogen-bond acceptors (Lipinski definition) is 0. The molecular weight excluding hydrogens is 619 g/mol. The smallest absolute Gasteiger partial charge is 0.179 e. The molecule has 1 heterocycles. The van der Waals surface area contributed by atoms with Crippen LogP contribution in [-0.2, 0) is 6.42 Å². The summed E-state index contributed by atoms with van der Waals surface area (Å²) >= 11 is 0. The van der Waals surface area contributed by atoms with E-state index >= 15 is 0 Å². The highest BCUT2D eigenvalue weighted by molar-refractivity contribution is 7.20. The predicted octanol–water partition coefficient (Wildman–Crippen LogP) is 9.30. The number of aromatic nitrogens is 1. The van der Waals surface area contributed by atoms with E-state index in [-0.39, 0.29) is 0 Å². The third kappa shape index (κ3) is 5.00. The molecule has 0 unspecified atom stereocenters. The molecule has 0 bridgehead atoms. The maximum absolute atomic E-state index is 2.85. The van der Waals surface area contributed by atoms with Gasteiger partial charge >= 0.3 is 0 Å². The number of hydrogen-bond donors (Lipinski definition) is 0. The minimum absolute atomic E-state index is 1.03. The van der Waals surface area contributed by atoms with Crippen molar-refractivity contribution in [2.75, 3.05) is 0 Å². The zero-order chi connectivity index (χ0) is 33.3. The van der Waals surface area contributed by atoms with Crippen LogP contribution in [0.15, 0.2) is 194 Å². The van der Waals surface area contributed by atoms with Gasteiger partial charge in [0.15, 0.2) is 8.07 Å². The molecule has 0 amide bonds. The van der Waals surface area contributed by atoms with Gasteiger partial charge in [0.05, 0.1) is 5.52 Å². The van der Waals surface area contributed by atoms with Gasteiger partial charge in [0.2, 0.25) is 0 Å². The number of allylic oxidation sites excluding steroid dienone is 1. The van der Waals surface area contributed by atoms with E-state index < -0.39 is 8.07 Å². The van der Waals surface area contributed by atoms with Gasteiger partial charge in [0, 0.05) is 22.3 Å². The lowest BCUT2D eigenvalue weighted by Crippen LogP contribution is -2.74. The van der Waals surface area contributed by atoms with Crippen LogP contribution in [0.2, 0.25) is 0 Å². The van der Waals surface area contributed by atoms with Crippen molar-refractivity contribution in [2.45, 2.75) is 12.8 Å². The van der Waals surface area contributed by atoms with Gasteiger partial charge in [-0.2, -0.15) is 0 Å². The Morgan fingerprint density at radius 2 is 0.960 bits per heavy atom. The second-order valence-corrected chi connectivity index (χ2v) is 17.0. The quantitative estimate of drug-likeness (QED) is 0.119. The van der Waals surface area contributed by atoms with Crippen molar-refractivity contribution >= 4 is 45.8 Å². The number of nitrogens with zero attached hydrogens (tertiary/aromatic N) is 1. The lowest BCUT2D eigenvalue weighted by Gasteiger charge is -2.35. The Balaban J connectivity index is 1.38. The summed E-state index contributed by atoms with van der Waals surface area (Å²) in [5.74, 6) is 0. The largest absolute Gasteiger partial charge is 0.313 e. The normalized spacial score (nSPS) is 12.6. The number of para-hydroxylation sites is 1. The Morgan fingerprint density at radius 1 is 0.440 bits per heavy atom. The molecule has 0 saturated heterocycles. The molecule has 1 aliphatic rings. The van der Waals surface area contributed by atoms with Gasteiger partial charge in [-0.3, -0.25) is 0 Å². The molecule has 0 fully saturated rings. The lowest BCUT2D eigenvalue weighted by molar-refractivity contribution is 0.888. The van der Waals surface area contributed by atoms with E-state index in [9.17, 15) is 0 Å². The van der Waals surface area contributed by atoms with Crippen molar-refractivity contribution < 1.29 is 0 Å². The average Bonchev–Trinajstić information content (AvgIpc) is 3.54. The Kier molecular flexibility index (Phi) is 7.72. The van der Waals surface area contributed by atoms with Gasteiger partial charge in [-0.05, 0) is 74.0 Å². The number of fused-ring (bicyclic) bond motifs is 3. The first-order chi connectivity index (χ1) is 24.8. The molecule has 9 rings (SSSR count). The molecular formula is C48H37NSi. The van der Waals surface area contributed by atoms with E-state index in [0.29, 0.717) is 0 Å². The Hall–Kier alpha value is -5.96. The van der Waals surface area contributed by atoms with Crippen molar-refractivity contribution in [2.24, 2.45) is 0 Å². The maximum Gasteiger partial charge on any atom is 0.179 e. The van der Waals surface area contributed by atoms with Gasteiger partial charge in [-0.15, -0.1) is 0 Å². The van der Waals surface area contributed by atoms with Crippen molar-refractivity contribution in [1.29, 1.82) is 0 Å². The summed E-state index contributed by atoms with van der Waals surface area (Å²) < 4.78 is 2.49. The molecule has 8 aromatic rings. The van der Waals surface area contributed by atoms with E-state index in [4.69, 9.17) is 0 Å². The predicted molar refractivity (Wildman–Crippen MR) is 215 cm³/mol. The average molecular weight is 656 g/mol. The molecule has 0 aliphatic heterocycles. The van der Waals surface area contributed by atoms with E-state index in [1.807, 2.05) is 0 Å². The summed E-state index contributed by atoms with van der Waals surface area (Å²) in [6.45, 7) is 0. The molecule has 1 aliphatic carbocycles. The third-order valence-electron chi connectivity index (χ3n) is 10.4. The summed E-state index contributed by atoms with van der Waals surface area (Å²) in [6.07, 6.45) is 6.80. The molecule has 2 heteroatoms. The summed E-state index contributed by atoms with van der Waals surface area (Å²) in [7, 11) is -2.85. The number of rotatable bonds is 7. The first-order valence-electron chi connectivity index (χ1n) is 17.6. The maximum atomic E-state index is 2.54. The Morgan fingerprint density at radius 3 is 1.58 bits per heavy atom. The minimum atomic E-state index is -2.85. The van der Waals surface area contributed by atoms with Gasteiger partial charge in [0.25, 0.3) is 0 Å². The first-order valence-corrected chi connectivity index (χ1v) is 19.6. The fourth-order valence-corrected chi connectivity index (χ4v) is 13.0. The zero-order valence-corrected chi connectivity index (χ0v) is 28.9. The fraction of sp³-hybridized carbons (Fsp3) is 0.0417. The highest BCUT2D eigenvalue weighted by Crippen LogP contribution is 2.35. The topological polar surface area (TPSA) is 4.93 Å². The van der Waals surface area contributed by atoms with Crippen LogP contribution < -0.4 is 20.7 Å². The first kappa shape index (κ1) is 30.1. The van der Waals surface area contributed by atoms with Crippen LogP contribution in [0.5, 0.6) is 0 Å². The Labute approximate surface area is 295 Å². The molecule has 50 heavy (non-hydrogen) atoms. The van der Waals surface area contributed by atoms with Crippen LogP contribution in [0.4, 0.5) is 0 Å². The van der Waals surface area contributed by atoms with Crippen LogP contribution >= 0.6 is 0 Å².